The molecule has 2 N–H and O–H groups in total. The van der Waals surface area contributed by atoms with E-state index in [2.05, 4.69) is 31.0 Å². The molecule has 0 saturated carbocycles. The van der Waals surface area contributed by atoms with E-state index in [4.69, 9.17) is 11.6 Å². The number of hydrogen-bond donors (Lipinski definition) is 2. The van der Waals surface area contributed by atoms with Crippen LogP contribution >= 0.6 is 11.6 Å². The largest absolute Gasteiger partial charge is 0.343 e. The number of nitrogens with zero attached hydrogens (tertiary/aromatic N) is 4. The Labute approximate surface area is 251 Å². The zero-order chi connectivity index (χ0) is 29.8. The summed E-state index contributed by atoms with van der Waals surface area (Å²) in [5.41, 5.74) is 2.67. The summed E-state index contributed by atoms with van der Waals surface area (Å²) in [6.07, 6.45) is 5.61. The van der Waals surface area contributed by atoms with Crippen molar-refractivity contribution in [3.8, 4) is 0 Å². The van der Waals surface area contributed by atoms with Gasteiger partial charge in [0.1, 0.15) is 0 Å². The van der Waals surface area contributed by atoms with Gasteiger partial charge in [0.05, 0.1) is 33.5 Å². The molecule has 4 aromatic rings. The predicted octanol–water partition coefficient (Wildman–Crippen LogP) is 5.63. The van der Waals surface area contributed by atoms with E-state index in [-0.39, 0.29) is 29.6 Å². The first kappa shape index (κ1) is 28.5. The van der Waals surface area contributed by atoms with E-state index in [1.807, 2.05) is 53.1 Å². The number of aromatic amines is 1. The molecule has 4 heterocycles. The molecular formula is C33H39ClN5O3+. The summed E-state index contributed by atoms with van der Waals surface area (Å²) in [6, 6.07) is 12.0. The molecule has 2 aliphatic rings. The maximum Gasteiger partial charge on any atom is 0.237 e. The number of aromatic nitrogens is 3. The molecule has 2 aromatic heterocycles. The van der Waals surface area contributed by atoms with Crippen LogP contribution < -0.4 is 4.73 Å². The van der Waals surface area contributed by atoms with Gasteiger partial charge in [-0.15, -0.1) is 0 Å². The molecule has 1 saturated heterocycles. The Bertz CT molecular complexity index is 1680. The molecule has 1 unspecified atom stereocenters. The normalized spacial score (nSPS) is 20.3. The van der Waals surface area contributed by atoms with Crippen LogP contribution in [0.3, 0.4) is 0 Å². The Balaban J connectivity index is 1.23. The summed E-state index contributed by atoms with van der Waals surface area (Å²) in [5, 5.41) is 21.5. The lowest BCUT2D eigenvalue weighted by Crippen LogP contribution is -2.48. The molecule has 1 fully saturated rings. The molecular weight excluding hydrogens is 550 g/mol. The predicted molar refractivity (Wildman–Crippen MR) is 162 cm³/mol. The Morgan fingerprint density at radius 3 is 2.62 bits per heavy atom. The maximum atomic E-state index is 14.2. The number of halogens is 1. The van der Waals surface area contributed by atoms with Gasteiger partial charge in [0.15, 0.2) is 0 Å². The summed E-state index contributed by atoms with van der Waals surface area (Å²) in [6.45, 7) is 10.5. The Kier molecular flexibility index (Phi) is 7.16. The number of benzene rings is 2. The van der Waals surface area contributed by atoms with Crippen molar-refractivity contribution in [2.75, 3.05) is 19.6 Å². The third-order valence-electron chi connectivity index (χ3n) is 8.92. The fraction of sp³-hybridized carbons (Fsp3) is 0.455. The van der Waals surface area contributed by atoms with Crippen molar-refractivity contribution < 1.29 is 19.5 Å². The lowest BCUT2D eigenvalue weighted by Gasteiger charge is -2.37. The second-order valence-corrected chi connectivity index (χ2v) is 14.0. The smallest absolute Gasteiger partial charge is 0.237 e. The minimum atomic E-state index is -0.905. The summed E-state index contributed by atoms with van der Waals surface area (Å²) >= 11 is 6.63. The fourth-order valence-corrected chi connectivity index (χ4v) is 7.15. The number of piperidine rings is 1. The van der Waals surface area contributed by atoms with Crippen LogP contribution in [0.15, 0.2) is 48.8 Å². The van der Waals surface area contributed by atoms with Crippen molar-refractivity contribution in [3.05, 3.63) is 70.6 Å². The zero-order valence-corrected chi connectivity index (χ0v) is 25.5. The number of hydrogen-bond acceptors (Lipinski definition) is 4. The standard InChI is InChI=1S/C33H39ClN5O3/c1-32(2,3)20-38-19-26-24(13-27(34)30-25(26)17-35-36-30)15-33(4,31(38)41)16-29(40)37-11-9-21(10-12-37)28-14-22-7-5-6-8-23(22)18-39(28)42/h5-8,13-14,17-18,21,42H,9-12,15-16,19-20H2,1-4H3,(H,35,36)/q+1. The van der Waals surface area contributed by atoms with Gasteiger partial charge in [-0.3, -0.25) is 19.9 Å². The van der Waals surface area contributed by atoms with Gasteiger partial charge in [0.2, 0.25) is 23.7 Å². The highest BCUT2D eigenvalue weighted by atomic mass is 35.5. The second-order valence-electron chi connectivity index (χ2n) is 13.6. The monoisotopic (exact) mass is 588 g/mol. The number of nitrogens with one attached hydrogen (secondary N) is 1. The van der Waals surface area contributed by atoms with Gasteiger partial charge in [-0.2, -0.15) is 5.10 Å². The van der Waals surface area contributed by atoms with Crippen molar-refractivity contribution in [3.63, 3.8) is 0 Å². The average molecular weight is 589 g/mol. The molecule has 2 aromatic carbocycles. The Morgan fingerprint density at radius 1 is 1.19 bits per heavy atom. The number of amides is 2. The first-order valence-electron chi connectivity index (χ1n) is 14.8. The minimum Gasteiger partial charge on any atom is -0.343 e. The van der Waals surface area contributed by atoms with E-state index < -0.39 is 5.41 Å². The van der Waals surface area contributed by atoms with Crippen molar-refractivity contribution in [2.24, 2.45) is 10.8 Å². The number of carbonyl (C=O) groups excluding carboxylic acids is 2. The van der Waals surface area contributed by atoms with E-state index >= 15 is 0 Å². The zero-order valence-electron chi connectivity index (χ0n) is 24.8. The summed E-state index contributed by atoms with van der Waals surface area (Å²) in [5.74, 6) is 0.142. The molecule has 8 nitrogen and oxygen atoms in total. The van der Waals surface area contributed by atoms with Gasteiger partial charge in [-0.05, 0) is 60.2 Å². The quantitative estimate of drug-likeness (QED) is 0.239. The van der Waals surface area contributed by atoms with Crippen LogP contribution in [0.25, 0.3) is 21.7 Å². The second kappa shape index (κ2) is 10.6. The van der Waals surface area contributed by atoms with Gasteiger partial charge in [0, 0.05) is 48.8 Å². The number of H-pyrrole nitrogens is 1. The van der Waals surface area contributed by atoms with Crippen LogP contribution in [0.4, 0.5) is 0 Å². The first-order chi connectivity index (χ1) is 19.9. The average Bonchev–Trinajstić information content (AvgIpc) is 3.41. The molecule has 220 valence electrons. The van der Waals surface area contributed by atoms with Crippen LogP contribution in [0.2, 0.25) is 5.02 Å². The lowest BCUT2D eigenvalue weighted by molar-refractivity contribution is -0.909. The molecule has 1 atom stereocenters. The highest BCUT2D eigenvalue weighted by Crippen LogP contribution is 2.41. The summed E-state index contributed by atoms with van der Waals surface area (Å²) in [4.78, 5) is 31.9. The number of fused-ring (bicyclic) bond motifs is 4. The molecule has 9 heteroatoms. The summed E-state index contributed by atoms with van der Waals surface area (Å²) < 4.78 is 1.24. The molecule has 6 rings (SSSR count). The molecule has 42 heavy (non-hydrogen) atoms. The molecule has 2 aliphatic heterocycles. The molecule has 0 radical (unpaired) electrons. The molecule has 0 bridgehead atoms. The lowest BCUT2D eigenvalue weighted by atomic mass is 9.78. The topological polar surface area (TPSA) is 93.4 Å². The number of rotatable bonds is 4. The molecule has 0 spiro atoms. The van der Waals surface area contributed by atoms with Crippen molar-refractivity contribution >= 4 is 45.1 Å². The third kappa shape index (κ3) is 5.33. The SMILES string of the molecule is CC(C)(C)CN1Cc2c(cc(Cl)c3[nH]ncc23)CC(C)(CC(=O)N2CCC(c3cc4ccccc4c[n+]3O)CC2)C1=O. The number of carbonyl (C=O) groups is 2. The highest BCUT2D eigenvalue weighted by molar-refractivity contribution is 6.35. The highest BCUT2D eigenvalue weighted by Gasteiger charge is 2.44. The van der Waals surface area contributed by atoms with Gasteiger partial charge in [0.25, 0.3) is 0 Å². The van der Waals surface area contributed by atoms with Crippen LogP contribution in [0, 0.1) is 10.8 Å². The number of likely N-dealkylation sites (tertiary alicyclic amines) is 1. The van der Waals surface area contributed by atoms with Gasteiger partial charge in [-0.25, -0.2) is 0 Å². The van der Waals surface area contributed by atoms with E-state index in [0.717, 1.165) is 51.3 Å². The van der Waals surface area contributed by atoms with Crippen molar-refractivity contribution in [2.45, 2.75) is 65.8 Å². The maximum absolute atomic E-state index is 14.2. The van der Waals surface area contributed by atoms with Crippen LogP contribution in [0.5, 0.6) is 0 Å². The van der Waals surface area contributed by atoms with Crippen molar-refractivity contribution in [1.82, 2.24) is 20.0 Å². The van der Waals surface area contributed by atoms with E-state index in [9.17, 15) is 14.8 Å². The van der Waals surface area contributed by atoms with Crippen LogP contribution in [-0.4, -0.2) is 56.7 Å². The Morgan fingerprint density at radius 2 is 1.90 bits per heavy atom. The van der Waals surface area contributed by atoms with E-state index in [0.29, 0.717) is 37.6 Å². The van der Waals surface area contributed by atoms with Gasteiger partial charge >= 0.3 is 0 Å². The summed E-state index contributed by atoms with van der Waals surface area (Å²) in [7, 11) is 0. The number of pyridine rings is 1. The fourth-order valence-electron chi connectivity index (χ4n) is 6.87. The third-order valence-corrected chi connectivity index (χ3v) is 9.22. The minimum absolute atomic E-state index is 0.00196. The van der Waals surface area contributed by atoms with E-state index in [1.165, 1.54) is 4.73 Å². The van der Waals surface area contributed by atoms with Crippen LogP contribution in [0.1, 0.15) is 69.7 Å². The van der Waals surface area contributed by atoms with Crippen LogP contribution in [-0.2, 0) is 22.6 Å². The van der Waals surface area contributed by atoms with Crippen molar-refractivity contribution in [1.29, 1.82) is 0 Å². The van der Waals surface area contributed by atoms with E-state index in [1.54, 1.807) is 12.4 Å². The van der Waals surface area contributed by atoms with Gasteiger partial charge in [-0.1, -0.05) is 50.6 Å². The molecule has 2 amide bonds. The van der Waals surface area contributed by atoms with Gasteiger partial charge < -0.3 is 9.80 Å². The Hall–Kier alpha value is -3.65. The first-order valence-corrected chi connectivity index (χ1v) is 15.1. The molecule has 0 aliphatic carbocycles.